The van der Waals surface area contributed by atoms with Gasteiger partial charge in [0.15, 0.2) is 10.0 Å². The average molecular weight is 396 g/mol. The van der Waals surface area contributed by atoms with Crippen LogP contribution in [-0.4, -0.2) is 51.8 Å². The number of thiazole rings is 1. The molecule has 1 amide bonds. The summed E-state index contributed by atoms with van der Waals surface area (Å²) in [6.07, 6.45) is 1.44. The second kappa shape index (κ2) is 8.70. The van der Waals surface area contributed by atoms with Crippen molar-refractivity contribution in [1.29, 1.82) is 0 Å². The zero-order valence-electron chi connectivity index (χ0n) is 14.4. The van der Waals surface area contributed by atoms with Crippen LogP contribution in [0.25, 0.3) is 0 Å². The van der Waals surface area contributed by atoms with E-state index in [4.69, 9.17) is 9.52 Å². The van der Waals surface area contributed by atoms with E-state index >= 15 is 0 Å². The van der Waals surface area contributed by atoms with Crippen molar-refractivity contribution in [3.63, 3.8) is 0 Å². The van der Waals surface area contributed by atoms with Crippen LogP contribution in [0.1, 0.15) is 34.9 Å². The van der Waals surface area contributed by atoms with E-state index in [2.05, 4.69) is 10.3 Å². The SMILES string of the molecule is Cc1ccc(CNC[C@H]2CCC(=O)N2CCSc2nc(C(=O)O)cs2)o1. The van der Waals surface area contributed by atoms with Gasteiger partial charge in [0.05, 0.1) is 6.54 Å². The summed E-state index contributed by atoms with van der Waals surface area (Å²) in [5.74, 6) is 1.65. The van der Waals surface area contributed by atoms with Gasteiger partial charge in [0.2, 0.25) is 5.91 Å². The molecule has 0 bridgehead atoms. The Morgan fingerprint density at radius 2 is 2.38 bits per heavy atom. The molecule has 1 fully saturated rings. The van der Waals surface area contributed by atoms with Crippen LogP contribution >= 0.6 is 23.1 Å². The lowest BCUT2D eigenvalue weighted by molar-refractivity contribution is -0.128. The number of hydrogen-bond acceptors (Lipinski definition) is 7. The van der Waals surface area contributed by atoms with Gasteiger partial charge >= 0.3 is 5.97 Å². The third-order valence-electron chi connectivity index (χ3n) is 4.19. The number of carboxylic acids is 1. The normalized spacial score (nSPS) is 17.2. The number of carbonyl (C=O) groups is 2. The van der Waals surface area contributed by atoms with Crippen molar-refractivity contribution in [2.24, 2.45) is 0 Å². The highest BCUT2D eigenvalue weighted by atomic mass is 32.2. The maximum absolute atomic E-state index is 12.1. The molecule has 2 N–H and O–H groups in total. The van der Waals surface area contributed by atoms with Crippen LogP contribution < -0.4 is 5.32 Å². The number of aromatic carboxylic acids is 1. The molecule has 2 aromatic rings. The molecule has 9 heteroatoms. The summed E-state index contributed by atoms with van der Waals surface area (Å²) in [4.78, 5) is 29.0. The average Bonchev–Trinajstić information content (AvgIpc) is 3.31. The molecule has 2 aromatic heterocycles. The maximum Gasteiger partial charge on any atom is 0.355 e. The van der Waals surface area contributed by atoms with Gasteiger partial charge in [-0.25, -0.2) is 9.78 Å². The molecule has 1 aliphatic heterocycles. The molecule has 7 nitrogen and oxygen atoms in total. The maximum atomic E-state index is 12.1. The highest BCUT2D eigenvalue weighted by Gasteiger charge is 2.30. The highest BCUT2D eigenvalue weighted by molar-refractivity contribution is 8.01. The summed E-state index contributed by atoms with van der Waals surface area (Å²) >= 11 is 2.81. The van der Waals surface area contributed by atoms with E-state index in [1.807, 2.05) is 24.0 Å². The Morgan fingerprint density at radius 3 is 3.08 bits per heavy atom. The number of aryl methyl sites for hydroxylation is 1. The van der Waals surface area contributed by atoms with E-state index in [0.717, 1.165) is 28.8 Å². The summed E-state index contributed by atoms with van der Waals surface area (Å²) in [6, 6.07) is 4.08. The predicted octanol–water partition coefficient (Wildman–Crippen LogP) is 2.62. The molecule has 3 rings (SSSR count). The van der Waals surface area contributed by atoms with Crippen molar-refractivity contribution in [3.8, 4) is 0 Å². The number of hydrogen-bond donors (Lipinski definition) is 2. The van der Waals surface area contributed by atoms with Crippen LogP contribution in [0.3, 0.4) is 0 Å². The van der Waals surface area contributed by atoms with Gasteiger partial charge in [-0.2, -0.15) is 0 Å². The summed E-state index contributed by atoms with van der Waals surface area (Å²) in [5.41, 5.74) is 0.0741. The van der Waals surface area contributed by atoms with E-state index < -0.39 is 5.97 Å². The zero-order chi connectivity index (χ0) is 18.5. The minimum atomic E-state index is -1.01. The molecule has 3 heterocycles. The first-order chi connectivity index (χ1) is 12.5. The second-order valence-electron chi connectivity index (χ2n) is 6.08. The molecule has 26 heavy (non-hydrogen) atoms. The Bertz CT molecular complexity index is 774. The fourth-order valence-electron chi connectivity index (χ4n) is 2.91. The van der Waals surface area contributed by atoms with E-state index in [0.29, 0.717) is 25.3 Å². The molecule has 1 aliphatic rings. The lowest BCUT2D eigenvalue weighted by Gasteiger charge is -2.24. The van der Waals surface area contributed by atoms with Crippen LogP contribution in [0.4, 0.5) is 0 Å². The Morgan fingerprint density at radius 1 is 1.54 bits per heavy atom. The van der Waals surface area contributed by atoms with Crippen molar-refractivity contribution in [1.82, 2.24) is 15.2 Å². The molecule has 140 valence electrons. The van der Waals surface area contributed by atoms with Crippen molar-refractivity contribution < 1.29 is 19.1 Å². The van der Waals surface area contributed by atoms with Crippen LogP contribution in [0, 0.1) is 6.92 Å². The van der Waals surface area contributed by atoms with Gasteiger partial charge < -0.3 is 19.7 Å². The van der Waals surface area contributed by atoms with Crippen molar-refractivity contribution >= 4 is 35.0 Å². The molecule has 0 saturated carbocycles. The van der Waals surface area contributed by atoms with Crippen LogP contribution in [0.2, 0.25) is 0 Å². The summed E-state index contributed by atoms with van der Waals surface area (Å²) in [5, 5.41) is 13.8. The Balaban J connectivity index is 1.44. The minimum Gasteiger partial charge on any atom is -0.476 e. The van der Waals surface area contributed by atoms with Crippen molar-refractivity contribution in [3.05, 3.63) is 34.7 Å². The molecular formula is C17H21N3O4S2. The first kappa shape index (κ1) is 18.9. The fraction of sp³-hybridized carbons (Fsp3) is 0.471. The van der Waals surface area contributed by atoms with E-state index in [-0.39, 0.29) is 17.6 Å². The number of nitrogens with one attached hydrogen (secondary N) is 1. The lowest BCUT2D eigenvalue weighted by Crippen LogP contribution is -2.41. The van der Waals surface area contributed by atoms with Crippen molar-refractivity contribution in [2.45, 2.75) is 36.7 Å². The third-order valence-corrected chi connectivity index (χ3v) is 6.19. The summed E-state index contributed by atoms with van der Waals surface area (Å²) in [7, 11) is 0. The first-order valence-corrected chi connectivity index (χ1v) is 10.3. The largest absolute Gasteiger partial charge is 0.476 e. The van der Waals surface area contributed by atoms with Gasteiger partial charge in [0.1, 0.15) is 11.5 Å². The number of thioether (sulfide) groups is 1. The third kappa shape index (κ3) is 4.87. The second-order valence-corrected chi connectivity index (χ2v) is 8.28. The monoisotopic (exact) mass is 395 g/mol. The quantitative estimate of drug-likeness (QED) is 0.630. The van der Waals surface area contributed by atoms with Crippen LogP contribution in [0.5, 0.6) is 0 Å². The van der Waals surface area contributed by atoms with Crippen LogP contribution in [-0.2, 0) is 11.3 Å². The van der Waals surface area contributed by atoms with Gasteiger partial charge in [-0.05, 0) is 25.5 Å². The fourth-order valence-corrected chi connectivity index (χ4v) is 4.72. The number of rotatable bonds is 9. The molecule has 0 radical (unpaired) electrons. The Kier molecular flexibility index (Phi) is 6.33. The van der Waals surface area contributed by atoms with Crippen LogP contribution in [0.15, 0.2) is 26.3 Å². The smallest absolute Gasteiger partial charge is 0.355 e. The summed E-state index contributed by atoms with van der Waals surface area (Å²) < 4.78 is 6.25. The number of nitrogens with zero attached hydrogens (tertiary/aromatic N) is 2. The molecule has 0 aromatic carbocycles. The Labute approximate surface area is 159 Å². The molecule has 1 saturated heterocycles. The van der Waals surface area contributed by atoms with E-state index in [9.17, 15) is 9.59 Å². The molecular weight excluding hydrogens is 374 g/mol. The highest BCUT2D eigenvalue weighted by Crippen LogP contribution is 2.24. The number of likely N-dealkylation sites (tertiary alicyclic amines) is 1. The summed E-state index contributed by atoms with van der Waals surface area (Å²) in [6.45, 7) is 3.94. The van der Waals surface area contributed by atoms with Gasteiger partial charge in [-0.1, -0.05) is 11.8 Å². The van der Waals surface area contributed by atoms with Crippen molar-refractivity contribution in [2.75, 3.05) is 18.8 Å². The van der Waals surface area contributed by atoms with Gasteiger partial charge in [-0.3, -0.25) is 4.79 Å². The molecule has 0 spiro atoms. The topological polar surface area (TPSA) is 95.7 Å². The van der Waals surface area contributed by atoms with E-state index in [1.165, 1.54) is 28.5 Å². The standard InChI is InChI=1S/C17H21N3O4S2/c1-11-2-4-13(24-11)9-18-8-12-3-5-15(21)20(12)6-7-25-17-19-14(10-26-17)16(22)23/h2,4,10,12,18H,3,5-9H2,1H3,(H,22,23)/t12-/m1/s1. The lowest BCUT2D eigenvalue weighted by atomic mass is 10.2. The van der Waals surface area contributed by atoms with E-state index in [1.54, 1.807) is 0 Å². The van der Waals surface area contributed by atoms with Gasteiger partial charge in [0.25, 0.3) is 0 Å². The number of carbonyl (C=O) groups excluding carboxylic acids is 1. The van der Waals surface area contributed by atoms with Gasteiger partial charge in [-0.15, -0.1) is 11.3 Å². The number of aromatic nitrogens is 1. The Hall–Kier alpha value is -1.84. The zero-order valence-corrected chi connectivity index (χ0v) is 16.1. The molecule has 0 aliphatic carbocycles. The molecule has 0 unspecified atom stereocenters. The number of carboxylic acid groups (broad SMARTS) is 1. The predicted molar refractivity (Wildman–Crippen MR) is 99.7 cm³/mol. The first-order valence-electron chi connectivity index (χ1n) is 8.40. The molecule has 1 atom stereocenters. The minimum absolute atomic E-state index is 0.0741. The van der Waals surface area contributed by atoms with Gasteiger partial charge in [0, 0.05) is 36.7 Å². The number of amides is 1. The number of furan rings is 1.